The lowest BCUT2D eigenvalue weighted by Crippen LogP contribution is -2.26. The summed E-state index contributed by atoms with van der Waals surface area (Å²) in [6, 6.07) is 4.00. The second kappa shape index (κ2) is 7.66. The van der Waals surface area contributed by atoms with Crippen molar-refractivity contribution in [1.82, 2.24) is 15.2 Å². The third-order valence-corrected chi connectivity index (χ3v) is 2.63. The Morgan fingerprint density at radius 1 is 1.50 bits per heavy atom. The Morgan fingerprint density at radius 2 is 2.28 bits per heavy atom. The van der Waals surface area contributed by atoms with Crippen molar-refractivity contribution >= 4 is 11.6 Å². The van der Waals surface area contributed by atoms with Crippen molar-refractivity contribution < 1.29 is 4.79 Å². The average molecular weight is 250 g/mol. The van der Waals surface area contributed by atoms with Crippen LogP contribution < -0.4 is 10.6 Å². The van der Waals surface area contributed by atoms with E-state index in [-0.39, 0.29) is 5.91 Å². The molecule has 18 heavy (non-hydrogen) atoms. The van der Waals surface area contributed by atoms with Crippen molar-refractivity contribution in [2.75, 3.05) is 32.5 Å². The van der Waals surface area contributed by atoms with Gasteiger partial charge in [-0.2, -0.15) is 0 Å². The van der Waals surface area contributed by atoms with Crippen LogP contribution in [0.4, 0.5) is 5.69 Å². The van der Waals surface area contributed by atoms with Crippen molar-refractivity contribution in [2.45, 2.75) is 19.9 Å². The molecule has 1 aromatic rings. The summed E-state index contributed by atoms with van der Waals surface area (Å²) in [4.78, 5) is 17.6. The Labute approximate surface area is 109 Å². The van der Waals surface area contributed by atoms with Crippen LogP contribution in [0.25, 0.3) is 0 Å². The second-order valence-corrected chi connectivity index (χ2v) is 4.23. The van der Waals surface area contributed by atoms with E-state index in [1.807, 2.05) is 19.2 Å². The molecule has 5 heteroatoms. The standard InChI is InChI=1S/C13H22N4O/c1-4-15-11-5-7-16-12(9-11)10-17(3)8-6-13(18)14-2/h5,7,9H,4,6,8,10H2,1-3H3,(H,14,18)(H,15,16). The van der Waals surface area contributed by atoms with Crippen molar-refractivity contribution in [2.24, 2.45) is 0 Å². The summed E-state index contributed by atoms with van der Waals surface area (Å²) in [6.45, 7) is 4.44. The van der Waals surface area contributed by atoms with Gasteiger partial charge in [0.1, 0.15) is 0 Å². The highest BCUT2D eigenvalue weighted by molar-refractivity contribution is 5.75. The molecule has 0 unspecified atom stereocenters. The molecule has 1 aromatic heterocycles. The molecule has 0 saturated heterocycles. The van der Waals surface area contributed by atoms with Gasteiger partial charge in [-0.15, -0.1) is 0 Å². The lowest BCUT2D eigenvalue weighted by atomic mass is 10.3. The molecular formula is C13H22N4O. The topological polar surface area (TPSA) is 57.3 Å². The third-order valence-electron chi connectivity index (χ3n) is 2.63. The van der Waals surface area contributed by atoms with Gasteiger partial charge in [0.05, 0.1) is 5.69 Å². The quantitative estimate of drug-likeness (QED) is 0.760. The number of rotatable bonds is 7. The molecule has 100 valence electrons. The number of nitrogens with zero attached hydrogens (tertiary/aromatic N) is 2. The highest BCUT2D eigenvalue weighted by Gasteiger charge is 2.05. The Balaban J connectivity index is 2.45. The summed E-state index contributed by atoms with van der Waals surface area (Å²) in [7, 11) is 3.65. The number of pyridine rings is 1. The molecular weight excluding hydrogens is 228 g/mol. The molecule has 0 fully saturated rings. The van der Waals surface area contributed by atoms with Gasteiger partial charge in [0, 0.05) is 45.0 Å². The first-order valence-electron chi connectivity index (χ1n) is 6.23. The minimum Gasteiger partial charge on any atom is -0.385 e. The summed E-state index contributed by atoms with van der Waals surface area (Å²) < 4.78 is 0. The lowest BCUT2D eigenvalue weighted by molar-refractivity contribution is -0.120. The second-order valence-electron chi connectivity index (χ2n) is 4.23. The van der Waals surface area contributed by atoms with Gasteiger partial charge in [-0.1, -0.05) is 0 Å². The van der Waals surface area contributed by atoms with Gasteiger partial charge in [0.15, 0.2) is 0 Å². The van der Waals surface area contributed by atoms with Crippen LogP contribution in [0.5, 0.6) is 0 Å². The largest absolute Gasteiger partial charge is 0.385 e. The van der Waals surface area contributed by atoms with Crippen LogP contribution in [0.15, 0.2) is 18.3 Å². The molecule has 0 aliphatic rings. The normalized spacial score (nSPS) is 10.4. The first-order valence-corrected chi connectivity index (χ1v) is 6.23. The zero-order valence-electron chi connectivity index (χ0n) is 11.4. The molecule has 1 heterocycles. The molecule has 0 spiro atoms. The third kappa shape index (κ3) is 5.14. The van der Waals surface area contributed by atoms with E-state index in [1.165, 1.54) is 0 Å². The van der Waals surface area contributed by atoms with Gasteiger partial charge < -0.3 is 15.5 Å². The molecule has 1 amide bonds. The van der Waals surface area contributed by atoms with E-state index < -0.39 is 0 Å². The number of hydrogen-bond donors (Lipinski definition) is 2. The van der Waals surface area contributed by atoms with E-state index >= 15 is 0 Å². The van der Waals surface area contributed by atoms with E-state index in [4.69, 9.17) is 0 Å². The zero-order valence-corrected chi connectivity index (χ0v) is 11.4. The van der Waals surface area contributed by atoms with E-state index in [0.717, 1.165) is 31.0 Å². The summed E-state index contributed by atoms with van der Waals surface area (Å²) in [6.07, 6.45) is 2.32. The maximum atomic E-state index is 11.1. The van der Waals surface area contributed by atoms with Gasteiger partial charge in [-0.3, -0.25) is 9.78 Å². The highest BCUT2D eigenvalue weighted by Crippen LogP contribution is 2.09. The molecule has 0 saturated carbocycles. The van der Waals surface area contributed by atoms with E-state index in [2.05, 4.69) is 27.4 Å². The summed E-state index contributed by atoms with van der Waals surface area (Å²) in [5.74, 6) is 0.0659. The van der Waals surface area contributed by atoms with E-state index in [0.29, 0.717) is 6.42 Å². The fraction of sp³-hybridized carbons (Fsp3) is 0.538. The van der Waals surface area contributed by atoms with Gasteiger partial charge >= 0.3 is 0 Å². The lowest BCUT2D eigenvalue weighted by Gasteiger charge is -2.16. The smallest absolute Gasteiger partial charge is 0.221 e. The number of hydrogen-bond acceptors (Lipinski definition) is 4. The molecule has 0 atom stereocenters. The van der Waals surface area contributed by atoms with Crippen LogP contribution in [-0.4, -0.2) is 43.0 Å². The Morgan fingerprint density at radius 3 is 2.94 bits per heavy atom. The number of aromatic nitrogens is 1. The molecule has 2 N–H and O–H groups in total. The number of anilines is 1. The fourth-order valence-electron chi connectivity index (χ4n) is 1.65. The SMILES string of the molecule is CCNc1ccnc(CN(C)CCC(=O)NC)c1. The maximum absolute atomic E-state index is 11.1. The first-order chi connectivity index (χ1) is 8.65. The van der Waals surface area contributed by atoms with Crippen LogP contribution in [0, 0.1) is 0 Å². The number of carbonyl (C=O) groups is 1. The van der Waals surface area contributed by atoms with Gasteiger partial charge in [-0.25, -0.2) is 0 Å². The fourth-order valence-corrected chi connectivity index (χ4v) is 1.65. The summed E-state index contributed by atoms with van der Waals surface area (Å²) in [5.41, 5.74) is 2.09. The highest BCUT2D eigenvalue weighted by atomic mass is 16.1. The Hall–Kier alpha value is -1.62. The van der Waals surface area contributed by atoms with Crippen LogP contribution >= 0.6 is 0 Å². The summed E-state index contributed by atoms with van der Waals surface area (Å²) in [5, 5.41) is 5.88. The van der Waals surface area contributed by atoms with Crippen molar-refractivity contribution in [3.05, 3.63) is 24.0 Å². The van der Waals surface area contributed by atoms with E-state index in [9.17, 15) is 4.79 Å². The van der Waals surface area contributed by atoms with E-state index in [1.54, 1.807) is 13.2 Å². The van der Waals surface area contributed by atoms with Crippen molar-refractivity contribution in [1.29, 1.82) is 0 Å². The molecule has 0 bridgehead atoms. The Kier molecular flexibility index (Phi) is 6.14. The maximum Gasteiger partial charge on any atom is 0.221 e. The van der Waals surface area contributed by atoms with Crippen LogP contribution in [-0.2, 0) is 11.3 Å². The molecule has 0 aromatic carbocycles. The number of nitrogens with one attached hydrogen (secondary N) is 2. The van der Waals surface area contributed by atoms with Crippen molar-refractivity contribution in [3.8, 4) is 0 Å². The van der Waals surface area contributed by atoms with Gasteiger partial charge in [-0.05, 0) is 26.1 Å². The van der Waals surface area contributed by atoms with Crippen LogP contribution in [0.3, 0.4) is 0 Å². The number of carbonyl (C=O) groups excluding carboxylic acids is 1. The molecule has 1 rings (SSSR count). The monoisotopic (exact) mass is 250 g/mol. The van der Waals surface area contributed by atoms with Crippen molar-refractivity contribution in [3.63, 3.8) is 0 Å². The van der Waals surface area contributed by atoms with Crippen LogP contribution in [0.1, 0.15) is 19.0 Å². The number of amides is 1. The summed E-state index contributed by atoms with van der Waals surface area (Å²) >= 11 is 0. The first kappa shape index (κ1) is 14.4. The molecule has 0 aliphatic heterocycles. The molecule has 0 radical (unpaired) electrons. The molecule has 0 aliphatic carbocycles. The average Bonchev–Trinajstić information content (AvgIpc) is 2.37. The van der Waals surface area contributed by atoms with Crippen LogP contribution in [0.2, 0.25) is 0 Å². The van der Waals surface area contributed by atoms with Gasteiger partial charge in [0.2, 0.25) is 5.91 Å². The zero-order chi connectivity index (χ0) is 13.4. The minimum atomic E-state index is 0.0659. The predicted molar refractivity (Wildman–Crippen MR) is 73.4 cm³/mol. The molecule has 5 nitrogen and oxygen atoms in total. The minimum absolute atomic E-state index is 0.0659. The Bertz CT molecular complexity index is 381. The predicted octanol–water partition coefficient (Wildman–Crippen LogP) is 1.08. The van der Waals surface area contributed by atoms with Gasteiger partial charge in [0.25, 0.3) is 0 Å².